The number of carboxylic acids is 1. The second-order valence-electron chi connectivity index (χ2n) is 6.69. The van der Waals surface area contributed by atoms with Crippen molar-refractivity contribution >= 4 is 38.7 Å². The van der Waals surface area contributed by atoms with E-state index in [2.05, 4.69) is 0 Å². The minimum Gasteiger partial charge on any atom is -0.477 e. The normalized spacial score (nSPS) is 15.6. The number of benzene rings is 1. The second-order valence-corrected chi connectivity index (χ2v) is 7.58. The van der Waals surface area contributed by atoms with Crippen molar-refractivity contribution in [3.8, 4) is 5.75 Å². The number of rotatable bonds is 4. The van der Waals surface area contributed by atoms with Crippen LogP contribution in [0.2, 0.25) is 0 Å². The highest BCUT2D eigenvalue weighted by Crippen LogP contribution is 2.40. The average Bonchev–Trinajstić information content (AvgIpc) is 3.11. The average molecular weight is 427 g/mol. The molecule has 154 valence electrons. The van der Waals surface area contributed by atoms with Gasteiger partial charge in [-0.05, 0) is 13.1 Å². The molecule has 3 heterocycles. The molecule has 0 bridgehead atoms. The number of ether oxygens (including phenoxy) is 1. The van der Waals surface area contributed by atoms with E-state index in [0.717, 1.165) is 17.4 Å². The zero-order valence-corrected chi connectivity index (χ0v) is 16.0. The van der Waals surface area contributed by atoms with Crippen LogP contribution in [0, 0.1) is 5.82 Å². The van der Waals surface area contributed by atoms with E-state index >= 15 is 4.39 Å². The Morgan fingerprint density at radius 2 is 1.97 bits per heavy atom. The first-order chi connectivity index (χ1) is 13.8. The van der Waals surface area contributed by atoms with Crippen molar-refractivity contribution < 1.29 is 27.8 Å². The van der Waals surface area contributed by atoms with Crippen LogP contribution in [-0.4, -0.2) is 60.2 Å². The maximum Gasteiger partial charge on any atom is 0.387 e. The second kappa shape index (κ2) is 7.23. The molecule has 1 saturated heterocycles. The summed E-state index contributed by atoms with van der Waals surface area (Å²) in [6.45, 7) is -1.30. The Labute approximate surface area is 166 Å². The van der Waals surface area contributed by atoms with E-state index in [4.69, 9.17) is 4.74 Å². The summed E-state index contributed by atoms with van der Waals surface area (Å²) in [5, 5.41) is 10.6. The minimum absolute atomic E-state index is 0.0602. The van der Waals surface area contributed by atoms with E-state index in [1.807, 2.05) is 11.9 Å². The number of likely N-dealkylation sites (N-methyl/N-ethyl adjacent to an activating group) is 1. The summed E-state index contributed by atoms with van der Waals surface area (Å²) in [7, 11) is 1.90. The van der Waals surface area contributed by atoms with Crippen molar-refractivity contribution in [3.63, 3.8) is 0 Å². The molecule has 0 spiro atoms. The molecule has 1 aliphatic heterocycles. The molecule has 4 rings (SSSR count). The van der Waals surface area contributed by atoms with Crippen molar-refractivity contribution in [2.75, 3.05) is 38.1 Å². The number of aromatic carboxylic acids is 1. The number of nitrogens with zero attached hydrogens (tertiary/aromatic N) is 3. The molecule has 0 aliphatic carbocycles. The van der Waals surface area contributed by atoms with Gasteiger partial charge in [0.2, 0.25) is 5.43 Å². The van der Waals surface area contributed by atoms with Crippen molar-refractivity contribution in [3.05, 3.63) is 39.2 Å². The van der Waals surface area contributed by atoms with Gasteiger partial charge in [-0.15, -0.1) is 11.3 Å². The number of alkyl halides is 2. The molecule has 0 atom stereocenters. The van der Waals surface area contributed by atoms with E-state index in [1.54, 1.807) is 4.90 Å². The number of aromatic nitrogens is 1. The van der Waals surface area contributed by atoms with Gasteiger partial charge < -0.3 is 24.0 Å². The number of thiazole rings is 1. The number of hydrogen-bond donors (Lipinski definition) is 1. The third-order valence-corrected chi connectivity index (χ3v) is 5.84. The molecule has 1 aromatic carbocycles. The van der Waals surface area contributed by atoms with E-state index in [9.17, 15) is 23.5 Å². The zero-order valence-electron chi connectivity index (χ0n) is 15.2. The lowest BCUT2D eigenvalue weighted by atomic mass is 10.1. The summed E-state index contributed by atoms with van der Waals surface area (Å²) >= 11 is 0.970. The van der Waals surface area contributed by atoms with Gasteiger partial charge in [0.05, 0.1) is 5.39 Å². The molecule has 0 radical (unpaired) electrons. The molecule has 1 aliphatic rings. The highest BCUT2D eigenvalue weighted by atomic mass is 32.1. The molecule has 7 nitrogen and oxygen atoms in total. The molecule has 11 heteroatoms. The largest absolute Gasteiger partial charge is 0.477 e. The maximum absolute atomic E-state index is 15.1. The Hall–Kier alpha value is -2.79. The molecule has 0 saturated carbocycles. The molecular weight excluding hydrogens is 411 g/mol. The smallest absolute Gasteiger partial charge is 0.387 e. The van der Waals surface area contributed by atoms with Gasteiger partial charge in [0.15, 0.2) is 11.6 Å². The van der Waals surface area contributed by atoms with E-state index in [-0.39, 0.29) is 21.4 Å². The summed E-state index contributed by atoms with van der Waals surface area (Å²) in [5.41, 5.74) is -1.72. The fourth-order valence-electron chi connectivity index (χ4n) is 3.60. The Kier molecular flexibility index (Phi) is 4.87. The Morgan fingerprint density at radius 1 is 1.28 bits per heavy atom. The van der Waals surface area contributed by atoms with Gasteiger partial charge >= 0.3 is 12.6 Å². The van der Waals surface area contributed by atoms with Crippen LogP contribution in [0.4, 0.5) is 18.9 Å². The van der Waals surface area contributed by atoms with Crippen LogP contribution in [-0.2, 0) is 0 Å². The van der Waals surface area contributed by atoms with Crippen LogP contribution in [0.1, 0.15) is 10.4 Å². The highest BCUT2D eigenvalue weighted by Gasteiger charge is 2.29. The Bertz CT molecular complexity index is 1170. The molecule has 0 amide bonds. The standard InChI is InChI=1S/C18H16F3N3O4S/c1-22-2-4-23(5-3-22)13-10(19)8-9-12(15(13)28-18(20)21)24-6-7-29-16(24)11(14(9)25)17(26)27/h6-8,18H,2-5H2,1H3,(H,26,27). The maximum atomic E-state index is 15.1. The molecule has 0 unspecified atom stereocenters. The van der Waals surface area contributed by atoms with Crippen LogP contribution >= 0.6 is 11.3 Å². The molecular formula is C18H16F3N3O4S. The van der Waals surface area contributed by atoms with Crippen LogP contribution in [0.5, 0.6) is 5.75 Å². The SMILES string of the molecule is CN1CCN(c2c(F)cc3c(=O)c(C(=O)O)c4sccn4c3c2OC(F)F)CC1. The number of fused-ring (bicyclic) bond motifs is 3. The molecule has 1 fully saturated rings. The summed E-state index contributed by atoms with van der Waals surface area (Å²) < 4.78 is 47.6. The van der Waals surface area contributed by atoms with Gasteiger partial charge in [-0.1, -0.05) is 0 Å². The Balaban J connectivity index is 2.10. The van der Waals surface area contributed by atoms with Crippen LogP contribution in [0.15, 0.2) is 22.4 Å². The third-order valence-electron chi connectivity index (χ3n) is 4.96. The van der Waals surface area contributed by atoms with Gasteiger partial charge in [0.1, 0.15) is 21.6 Å². The molecule has 29 heavy (non-hydrogen) atoms. The lowest BCUT2D eigenvalue weighted by molar-refractivity contribution is -0.0488. The van der Waals surface area contributed by atoms with Crippen LogP contribution in [0.3, 0.4) is 0 Å². The first-order valence-corrected chi connectivity index (χ1v) is 9.57. The number of carboxylic acid groups (broad SMARTS) is 1. The van der Waals surface area contributed by atoms with Crippen LogP contribution in [0.25, 0.3) is 15.7 Å². The van der Waals surface area contributed by atoms with Gasteiger partial charge in [-0.2, -0.15) is 8.78 Å². The van der Waals surface area contributed by atoms with Crippen molar-refractivity contribution in [2.45, 2.75) is 6.61 Å². The summed E-state index contributed by atoms with van der Waals surface area (Å²) in [6.07, 6.45) is 1.44. The summed E-state index contributed by atoms with van der Waals surface area (Å²) in [6, 6.07) is 0.903. The summed E-state index contributed by atoms with van der Waals surface area (Å²) in [5.74, 6) is -2.86. The third kappa shape index (κ3) is 3.19. The number of carbonyl (C=O) groups is 1. The number of piperazine rings is 1. The topological polar surface area (TPSA) is 74.5 Å². The van der Waals surface area contributed by atoms with E-state index in [0.29, 0.717) is 26.2 Å². The van der Waals surface area contributed by atoms with Crippen molar-refractivity contribution in [2.24, 2.45) is 0 Å². The van der Waals surface area contributed by atoms with Gasteiger partial charge in [-0.25, -0.2) is 9.18 Å². The first kappa shape index (κ1) is 19.5. The molecule has 2 aromatic heterocycles. The lowest BCUT2D eigenvalue weighted by Gasteiger charge is -2.35. The number of hydrogen-bond acceptors (Lipinski definition) is 6. The van der Waals surface area contributed by atoms with E-state index < -0.39 is 35.1 Å². The quantitative estimate of drug-likeness (QED) is 0.690. The number of pyridine rings is 1. The van der Waals surface area contributed by atoms with Gasteiger partial charge in [0.25, 0.3) is 0 Å². The fraction of sp³-hybridized carbons (Fsp3) is 0.333. The number of halogens is 3. The van der Waals surface area contributed by atoms with Crippen LogP contribution < -0.4 is 15.1 Å². The van der Waals surface area contributed by atoms with Crippen molar-refractivity contribution in [1.82, 2.24) is 9.30 Å². The fourth-order valence-corrected chi connectivity index (χ4v) is 4.48. The van der Waals surface area contributed by atoms with Gasteiger partial charge in [-0.3, -0.25) is 4.79 Å². The predicted molar refractivity (Wildman–Crippen MR) is 102 cm³/mol. The Morgan fingerprint density at radius 3 is 2.59 bits per heavy atom. The lowest BCUT2D eigenvalue weighted by Crippen LogP contribution is -2.45. The zero-order chi connectivity index (χ0) is 20.9. The molecule has 1 N–H and O–H groups in total. The highest BCUT2D eigenvalue weighted by molar-refractivity contribution is 7.16. The first-order valence-electron chi connectivity index (χ1n) is 8.69. The monoisotopic (exact) mass is 427 g/mol. The number of anilines is 1. The predicted octanol–water partition coefficient (Wildman–Crippen LogP) is 2.70. The molecule has 3 aromatic rings. The van der Waals surface area contributed by atoms with Crippen molar-refractivity contribution in [1.29, 1.82) is 0 Å². The van der Waals surface area contributed by atoms with E-state index in [1.165, 1.54) is 16.0 Å². The summed E-state index contributed by atoms with van der Waals surface area (Å²) in [4.78, 5) is 28.1. The van der Waals surface area contributed by atoms with Gasteiger partial charge in [0, 0.05) is 37.8 Å². The minimum atomic E-state index is -3.25.